The first-order chi connectivity index (χ1) is 7.44. The average Bonchev–Trinajstić information content (AvgIpc) is 2.62. The van der Waals surface area contributed by atoms with Crippen molar-refractivity contribution in [2.75, 3.05) is 0 Å². The van der Waals surface area contributed by atoms with E-state index in [2.05, 4.69) is 4.98 Å². The first-order valence-electron chi connectivity index (χ1n) is 5.27. The number of aromatic nitrogens is 2. The van der Waals surface area contributed by atoms with Gasteiger partial charge in [0.2, 0.25) is 0 Å². The lowest BCUT2D eigenvalue weighted by Gasteiger charge is -2.14. The topological polar surface area (TPSA) is 43.8 Å². The molecular formula is C10H16F3N3. The van der Waals surface area contributed by atoms with Crippen molar-refractivity contribution >= 4 is 0 Å². The molecule has 1 aromatic heterocycles. The Morgan fingerprint density at radius 1 is 1.50 bits per heavy atom. The highest BCUT2D eigenvalue weighted by atomic mass is 19.4. The number of nitrogens with zero attached hydrogens (tertiary/aromatic N) is 2. The number of rotatable bonds is 5. The van der Waals surface area contributed by atoms with E-state index in [1.165, 1.54) is 0 Å². The zero-order chi connectivity index (χ0) is 12.2. The second-order valence-electron chi connectivity index (χ2n) is 3.74. The molecule has 0 spiro atoms. The fourth-order valence-corrected chi connectivity index (χ4v) is 1.53. The van der Waals surface area contributed by atoms with Crippen molar-refractivity contribution in [3.63, 3.8) is 0 Å². The molecule has 0 aliphatic rings. The van der Waals surface area contributed by atoms with Crippen molar-refractivity contribution in [3.05, 3.63) is 18.2 Å². The third-order valence-electron chi connectivity index (χ3n) is 2.28. The second kappa shape index (κ2) is 5.34. The van der Waals surface area contributed by atoms with Crippen LogP contribution in [-0.2, 0) is 6.54 Å². The van der Waals surface area contributed by atoms with Gasteiger partial charge < -0.3 is 10.3 Å². The summed E-state index contributed by atoms with van der Waals surface area (Å²) in [6, 6.07) is -0.650. The molecule has 0 fully saturated rings. The Hall–Kier alpha value is -1.04. The minimum atomic E-state index is -4.15. The summed E-state index contributed by atoms with van der Waals surface area (Å²) in [6.07, 6.45) is -0.933. The Morgan fingerprint density at radius 2 is 2.19 bits per heavy atom. The van der Waals surface area contributed by atoms with Crippen molar-refractivity contribution in [2.24, 2.45) is 5.73 Å². The molecule has 2 N–H and O–H groups in total. The number of alkyl halides is 3. The zero-order valence-electron chi connectivity index (χ0n) is 9.17. The molecule has 92 valence electrons. The average molecular weight is 235 g/mol. The highest BCUT2D eigenvalue weighted by molar-refractivity contribution is 4.98. The Bertz CT molecular complexity index is 319. The molecule has 1 unspecified atom stereocenters. The lowest BCUT2D eigenvalue weighted by Crippen LogP contribution is -2.19. The number of aryl methyl sites for hydroxylation is 1. The largest absolute Gasteiger partial charge is 0.389 e. The van der Waals surface area contributed by atoms with Gasteiger partial charge in [-0.2, -0.15) is 13.2 Å². The van der Waals surface area contributed by atoms with Crippen LogP contribution in [0.4, 0.5) is 13.2 Å². The SMILES string of the molecule is CCCn1ccnc1C(N)CCC(F)(F)F. The van der Waals surface area contributed by atoms with Crippen LogP contribution < -0.4 is 5.73 Å². The molecular weight excluding hydrogens is 219 g/mol. The van der Waals surface area contributed by atoms with Crippen molar-refractivity contribution in [2.45, 2.75) is 44.9 Å². The monoisotopic (exact) mass is 235 g/mol. The Balaban J connectivity index is 2.58. The molecule has 0 saturated carbocycles. The van der Waals surface area contributed by atoms with Crippen LogP contribution in [0.5, 0.6) is 0 Å². The van der Waals surface area contributed by atoms with Crippen LogP contribution in [0.15, 0.2) is 12.4 Å². The number of halogens is 3. The lowest BCUT2D eigenvalue weighted by molar-refractivity contribution is -0.136. The van der Waals surface area contributed by atoms with E-state index in [1.807, 2.05) is 6.92 Å². The molecule has 3 nitrogen and oxygen atoms in total. The summed E-state index contributed by atoms with van der Waals surface area (Å²) in [5, 5.41) is 0. The number of imidazole rings is 1. The molecule has 0 aliphatic heterocycles. The van der Waals surface area contributed by atoms with E-state index in [0.29, 0.717) is 5.82 Å². The van der Waals surface area contributed by atoms with Crippen LogP contribution in [-0.4, -0.2) is 15.7 Å². The zero-order valence-corrected chi connectivity index (χ0v) is 9.17. The Kier molecular flexibility index (Phi) is 4.35. The van der Waals surface area contributed by atoms with Gasteiger partial charge in [0.15, 0.2) is 0 Å². The molecule has 1 aromatic rings. The molecule has 16 heavy (non-hydrogen) atoms. The van der Waals surface area contributed by atoms with Crippen molar-refractivity contribution < 1.29 is 13.2 Å². The van der Waals surface area contributed by atoms with Gasteiger partial charge in [0.05, 0.1) is 6.04 Å². The summed E-state index contributed by atoms with van der Waals surface area (Å²) >= 11 is 0. The highest BCUT2D eigenvalue weighted by Gasteiger charge is 2.28. The van der Waals surface area contributed by atoms with Gasteiger partial charge in [-0.1, -0.05) is 6.92 Å². The fourth-order valence-electron chi connectivity index (χ4n) is 1.53. The predicted octanol–water partition coefficient (Wildman–Crippen LogP) is 2.64. The maximum absolute atomic E-state index is 12.0. The summed E-state index contributed by atoms with van der Waals surface area (Å²) in [5.41, 5.74) is 5.69. The van der Waals surface area contributed by atoms with Gasteiger partial charge in [0.1, 0.15) is 5.82 Å². The van der Waals surface area contributed by atoms with Gasteiger partial charge in [-0.05, 0) is 12.8 Å². The predicted molar refractivity (Wildman–Crippen MR) is 54.7 cm³/mol. The first kappa shape index (κ1) is 13.0. The summed E-state index contributed by atoms with van der Waals surface area (Å²) in [7, 11) is 0. The minimum Gasteiger partial charge on any atom is -0.334 e. The molecule has 1 heterocycles. The quantitative estimate of drug-likeness (QED) is 0.852. The molecule has 0 aliphatic carbocycles. The minimum absolute atomic E-state index is 0.121. The maximum atomic E-state index is 12.0. The van der Waals surface area contributed by atoms with E-state index in [1.54, 1.807) is 17.0 Å². The third kappa shape index (κ3) is 3.84. The summed E-state index contributed by atoms with van der Waals surface area (Å²) in [6.45, 7) is 2.72. The van der Waals surface area contributed by atoms with Gasteiger partial charge in [0, 0.05) is 25.4 Å². The molecule has 1 atom stereocenters. The molecule has 0 amide bonds. The smallest absolute Gasteiger partial charge is 0.334 e. The first-order valence-corrected chi connectivity index (χ1v) is 5.27. The summed E-state index contributed by atoms with van der Waals surface area (Å²) in [5.74, 6) is 0.533. The highest BCUT2D eigenvalue weighted by Crippen LogP contribution is 2.25. The number of hydrogen-bond acceptors (Lipinski definition) is 2. The van der Waals surface area contributed by atoms with Crippen LogP contribution in [0, 0.1) is 0 Å². The maximum Gasteiger partial charge on any atom is 0.389 e. The van der Waals surface area contributed by atoms with E-state index in [4.69, 9.17) is 5.73 Å². The number of nitrogens with two attached hydrogens (primary N) is 1. The molecule has 0 aromatic carbocycles. The molecule has 6 heteroatoms. The van der Waals surface area contributed by atoms with Crippen molar-refractivity contribution in [1.29, 1.82) is 0 Å². The van der Waals surface area contributed by atoms with E-state index in [9.17, 15) is 13.2 Å². The third-order valence-corrected chi connectivity index (χ3v) is 2.28. The van der Waals surface area contributed by atoms with Gasteiger partial charge in [-0.15, -0.1) is 0 Å². The van der Waals surface area contributed by atoms with Gasteiger partial charge in [-0.3, -0.25) is 0 Å². The Morgan fingerprint density at radius 3 is 2.75 bits per heavy atom. The van der Waals surface area contributed by atoms with Crippen LogP contribution in [0.25, 0.3) is 0 Å². The van der Waals surface area contributed by atoms with Crippen molar-refractivity contribution in [3.8, 4) is 0 Å². The number of hydrogen-bond donors (Lipinski definition) is 1. The van der Waals surface area contributed by atoms with E-state index < -0.39 is 18.6 Å². The molecule has 0 radical (unpaired) electrons. The Labute approximate surface area is 92.5 Å². The molecule has 0 bridgehead atoms. The normalized spacial score (nSPS) is 14.1. The second-order valence-corrected chi connectivity index (χ2v) is 3.74. The van der Waals surface area contributed by atoms with E-state index >= 15 is 0 Å². The molecule has 0 saturated heterocycles. The fraction of sp³-hybridized carbons (Fsp3) is 0.700. The van der Waals surface area contributed by atoms with Crippen LogP contribution in [0.3, 0.4) is 0 Å². The van der Waals surface area contributed by atoms with Crippen LogP contribution >= 0.6 is 0 Å². The standard InChI is InChI=1S/C10H16F3N3/c1-2-6-16-7-5-15-9(16)8(14)3-4-10(11,12)13/h5,7-8H,2-4,6,14H2,1H3. The van der Waals surface area contributed by atoms with Crippen LogP contribution in [0.1, 0.15) is 38.1 Å². The van der Waals surface area contributed by atoms with Gasteiger partial charge in [-0.25, -0.2) is 4.98 Å². The van der Waals surface area contributed by atoms with E-state index in [0.717, 1.165) is 13.0 Å². The summed E-state index contributed by atoms with van der Waals surface area (Å²) in [4.78, 5) is 4.01. The van der Waals surface area contributed by atoms with Gasteiger partial charge >= 0.3 is 6.18 Å². The van der Waals surface area contributed by atoms with E-state index in [-0.39, 0.29) is 6.42 Å². The van der Waals surface area contributed by atoms with Crippen molar-refractivity contribution in [1.82, 2.24) is 9.55 Å². The lowest BCUT2D eigenvalue weighted by atomic mass is 10.1. The van der Waals surface area contributed by atoms with Crippen LogP contribution in [0.2, 0.25) is 0 Å². The van der Waals surface area contributed by atoms with Gasteiger partial charge in [0.25, 0.3) is 0 Å². The summed E-state index contributed by atoms with van der Waals surface area (Å²) < 4.78 is 37.9. The molecule has 1 rings (SSSR count).